The first-order valence-corrected chi connectivity index (χ1v) is 14.1. The molecule has 10 heteroatoms. The molecule has 2 aliphatic rings. The Labute approximate surface area is 244 Å². The molecule has 0 saturated carbocycles. The summed E-state index contributed by atoms with van der Waals surface area (Å²) in [6.07, 6.45) is 2.06. The highest BCUT2D eigenvalue weighted by Crippen LogP contribution is 2.23. The number of pyridine rings is 1. The topological polar surface area (TPSA) is 108 Å². The molecule has 5 rings (SSSR count). The largest absolute Gasteiger partial charge is 0.497 e. The number of nitrogens with one attached hydrogen (secondary N) is 1. The van der Waals surface area contributed by atoms with Gasteiger partial charge in [0.15, 0.2) is 0 Å². The molecule has 218 valence electrons. The third-order valence-electron chi connectivity index (χ3n) is 7.77. The zero-order valence-corrected chi connectivity index (χ0v) is 23.5. The lowest BCUT2D eigenvalue weighted by atomic mass is 10.0. The van der Waals surface area contributed by atoms with Crippen molar-refractivity contribution >= 4 is 11.8 Å². The number of amides is 2. The highest BCUT2D eigenvalue weighted by molar-refractivity contribution is 5.96. The minimum atomic E-state index is -1.22. The number of carbonyl (C=O) groups is 2. The van der Waals surface area contributed by atoms with Gasteiger partial charge in [-0.2, -0.15) is 5.26 Å². The van der Waals surface area contributed by atoms with E-state index in [-0.39, 0.29) is 29.8 Å². The molecule has 2 saturated heterocycles. The van der Waals surface area contributed by atoms with Crippen LogP contribution in [-0.4, -0.2) is 78.2 Å². The Hall–Kier alpha value is -4.49. The number of piperidine rings is 2. The Morgan fingerprint density at radius 3 is 2.33 bits per heavy atom. The number of alkyl halides is 1. The predicted octanol–water partition coefficient (Wildman–Crippen LogP) is 3.99. The number of nitrogens with zero attached hydrogens (tertiary/aromatic N) is 4. The van der Waals surface area contributed by atoms with Crippen LogP contribution in [0.25, 0.3) is 0 Å². The average Bonchev–Trinajstić information content (AvgIpc) is 3.03. The van der Waals surface area contributed by atoms with Crippen LogP contribution in [0.5, 0.6) is 11.5 Å². The van der Waals surface area contributed by atoms with E-state index in [1.54, 1.807) is 36.3 Å². The summed E-state index contributed by atoms with van der Waals surface area (Å²) < 4.78 is 26.2. The normalized spacial score (nSPS) is 19.5. The molecule has 3 heterocycles. The summed E-state index contributed by atoms with van der Waals surface area (Å²) >= 11 is 0. The van der Waals surface area contributed by atoms with Crippen molar-refractivity contribution in [3.8, 4) is 17.6 Å². The standard InChI is InChI=1S/C32H34FN5O4/c1-41-25-7-9-26(10-8-25)42-27-12-16-38(17-13-27)32(40)30-11-6-24(19-35-30)31(39)36-29-14-15-37(21-28(29)33)20-23-4-2-22(18-34)3-5-23/h2-11,19,27-29H,12-17,20-21H2,1H3,(H,36,39)/t28-,29+/m0/s1. The first-order valence-electron chi connectivity index (χ1n) is 14.1. The summed E-state index contributed by atoms with van der Waals surface area (Å²) in [6, 6.07) is 19.3. The Morgan fingerprint density at radius 1 is 1.00 bits per heavy atom. The van der Waals surface area contributed by atoms with E-state index < -0.39 is 18.1 Å². The van der Waals surface area contributed by atoms with Gasteiger partial charge < -0.3 is 19.7 Å². The minimum absolute atomic E-state index is 0.0173. The van der Waals surface area contributed by atoms with Gasteiger partial charge in [0.05, 0.1) is 30.3 Å². The number of ether oxygens (including phenoxy) is 2. The van der Waals surface area contributed by atoms with Crippen molar-refractivity contribution in [1.29, 1.82) is 5.26 Å². The molecule has 0 spiro atoms. The molecule has 1 aromatic heterocycles. The molecule has 0 radical (unpaired) electrons. The Balaban J connectivity index is 1.07. The fraction of sp³-hybridized carbons (Fsp3) is 0.375. The van der Waals surface area contributed by atoms with Crippen molar-refractivity contribution in [2.75, 3.05) is 33.3 Å². The van der Waals surface area contributed by atoms with E-state index in [0.29, 0.717) is 51.0 Å². The van der Waals surface area contributed by atoms with Gasteiger partial charge in [0, 0.05) is 51.8 Å². The summed E-state index contributed by atoms with van der Waals surface area (Å²) in [7, 11) is 1.62. The quantitative estimate of drug-likeness (QED) is 0.436. The van der Waals surface area contributed by atoms with E-state index in [1.165, 1.54) is 6.20 Å². The van der Waals surface area contributed by atoms with Crippen LogP contribution in [0.1, 0.15) is 51.2 Å². The van der Waals surface area contributed by atoms with E-state index in [2.05, 4.69) is 16.4 Å². The number of nitriles is 1. The molecule has 0 aliphatic carbocycles. The van der Waals surface area contributed by atoms with Gasteiger partial charge in [0.1, 0.15) is 29.5 Å². The second kappa shape index (κ2) is 13.4. The molecule has 0 bridgehead atoms. The van der Waals surface area contributed by atoms with Crippen molar-refractivity contribution in [3.63, 3.8) is 0 Å². The third kappa shape index (κ3) is 7.22. The van der Waals surface area contributed by atoms with E-state index in [9.17, 15) is 14.0 Å². The van der Waals surface area contributed by atoms with Crippen LogP contribution in [0.2, 0.25) is 0 Å². The summed E-state index contributed by atoms with van der Waals surface area (Å²) in [6.45, 7) is 2.52. The van der Waals surface area contributed by atoms with Crippen molar-refractivity contribution < 1.29 is 23.5 Å². The van der Waals surface area contributed by atoms with Gasteiger partial charge in [-0.3, -0.25) is 19.5 Å². The van der Waals surface area contributed by atoms with Crippen molar-refractivity contribution in [1.82, 2.24) is 20.1 Å². The first kappa shape index (κ1) is 29.0. The van der Waals surface area contributed by atoms with Crippen LogP contribution in [0.4, 0.5) is 4.39 Å². The van der Waals surface area contributed by atoms with Crippen molar-refractivity contribution in [2.24, 2.45) is 0 Å². The van der Waals surface area contributed by atoms with Gasteiger partial charge in [-0.25, -0.2) is 4.39 Å². The van der Waals surface area contributed by atoms with Crippen LogP contribution in [0, 0.1) is 11.3 Å². The van der Waals surface area contributed by atoms with Crippen LogP contribution >= 0.6 is 0 Å². The molecule has 2 aliphatic heterocycles. The lowest BCUT2D eigenvalue weighted by molar-refractivity contribution is 0.0589. The smallest absolute Gasteiger partial charge is 0.272 e. The van der Waals surface area contributed by atoms with Crippen molar-refractivity contribution in [3.05, 3.63) is 89.2 Å². The van der Waals surface area contributed by atoms with Gasteiger partial charge in [-0.15, -0.1) is 0 Å². The first-order chi connectivity index (χ1) is 20.4. The maximum Gasteiger partial charge on any atom is 0.272 e. The summed E-state index contributed by atoms with van der Waals surface area (Å²) in [5.74, 6) is 0.932. The van der Waals surface area contributed by atoms with E-state index >= 15 is 0 Å². The molecule has 42 heavy (non-hydrogen) atoms. The SMILES string of the molecule is COc1ccc(OC2CCN(C(=O)c3ccc(C(=O)N[C@@H]4CCN(Cc5ccc(C#N)cc5)C[C@@H]4F)cn3)CC2)cc1. The maximum absolute atomic E-state index is 15.0. The molecular weight excluding hydrogens is 537 g/mol. The fourth-order valence-electron chi connectivity index (χ4n) is 5.31. The lowest BCUT2D eigenvalue weighted by Crippen LogP contribution is -2.52. The number of hydrogen-bond donors (Lipinski definition) is 1. The highest BCUT2D eigenvalue weighted by atomic mass is 19.1. The van der Waals surface area contributed by atoms with E-state index in [4.69, 9.17) is 14.7 Å². The number of aromatic nitrogens is 1. The van der Waals surface area contributed by atoms with Gasteiger partial charge in [-0.1, -0.05) is 12.1 Å². The average molecular weight is 572 g/mol. The number of halogens is 1. The molecule has 2 amide bonds. The monoisotopic (exact) mass is 571 g/mol. The zero-order valence-electron chi connectivity index (χ0n) is 23.5. The molecule has 0 unspecified atom stereocenters. The molecule has 1 N–H and O–H groups in total. The van der Waals surface area contributed by atoms with Gasteiger partial charge in [0.2, 0.25) is 0 Å². The minimum Gasteiger partial charge on any atom is -0.497 e. The van der Waals surface area contributed by atoms with Crippen LogP contribution in [0.15, 0.2) is 66.9 Å². The number of carbonyl (C=O) groups excluding carboxylic acids is 2. The third-order valence-corrected chi connectivity index (χ3v) is 7.77. The van der Waals surface area contributed by atoms with Gasteiger partial charge >= 0.3 is 0 Å². The van der Waals surface area contributed by atoms with Crippen LogP contribution in [-0.2, 0) is 6.54 Å². The summed E-state index contributed by atoms with van der Waals surface area (Å²) in [5, 5.41) is 11.7. The molecule has 3 aromatic rings. The summed E-state index contributed by atoms with van der Waals surface area (Å²) in [5.41, 5.74) is 2.15. The number of benzene rings is 2. The molecule has 9 nitrogen and oxygen atoms in total. The Morgan fingerprint density at radius 2 is 1.71 bits per heavy atom. The maximum atomic E-state index is 15.0. The fourth-order valence-corrected chi connectivity index (χ4v) is 5.31. The van der Waals surface area contributed by atoms with Gasteiger partial charge in [-0.05, 0) is 60.5 Å². The molecular formula is C32H34FN5O4. The second-order valence-corrected chi connectivity index (χ2v) is 10.6. The number of hydrogen-bond acceptors (Lipinski definition) is 7. The lowest BCUT2D eigenvalue weighted by Gasteiger charge is -2.35. The summed E-state index contributed by atoms with van der Waals surface area (Å²) in [4.78, 5) is 33.8. The van der Waals surface area contributed by atoms with E-state index in [1.807, 2.05) is 41.3 Å². The number of likely N-dealkylation sites (tertiary alicyclic amines) is 2. The molecule has 2 aromatic carbocycles. The Bertz CT molecular complexity index is 1400. The molecule has 2 atom stereocenters. The molecule has 2 fully saturated rings. The number of rotatable bonds is 8. The predicted molar refractivity (Wildman–Crippen MR) is 154 cm³/mol. The van der Waals surface area contributed by atoms with E-state index in [0.717, 1.165) is 17.1 Å². The van der Waals surface area contributed by atoms with Crippen LogP contribution < -0.4 is 14.8 Å². The van der Waals surface area contributed by atoms with Crippen LogP contribution in [0.3, 0.4) is 0 Å². The van der Waals surface area contributed by atoms with Gasteiger partial charge in [0.25, 0.3) is 11.8 Å². The number of methoxy groups -OCH3 is 1. The zero-order chi connectivity index (χ0) is 29.5. The van der Waals surface area contributed by atoms with Crippen molar-refractivity contribution in [2.45, 2.75) is 44.1 Å². The Kier molecular flexibility index (Phi) is 9.29. The second-order valence-electron chi connectivity index (χ2n) is 10.6. The highest BCUT2D eigenvalue weighted by Gasteiger charge is 2.31.